The number of amides is 1. The van der Waals surface area contributed by atoms with Gasteiger partial charge in [-0.25, -0.2) is 4.79 Å². The lowest BCUT2D eigenvalue weighted by Gasteiger charge is -2.41. The van der Waals surface area contributed by atoms with Gasteiger partial charge in [0.1, 0.15) is 11.7 Å². The van der Waals surface area contributed by atoms with Crippen LogP contribution in [-0.2, 0) is 19.7 Å². The van der Waals surface area contributed by atoms with Gasteiger partial charge in [-0.3, -0.25) is 4.79 Å². The Morgan fingerprint density at radius 2 is 1.70 bits per heavy atom. The lowest BCUT2D eigenvalue weighted by atomic mass is 9.64. The van der Waals surface area contributed by atoms with Crippen molar-refractivity contribution in [3.8, 4) is 0 Å². The minimum Gasteiger partial charge on any atom is -0.462 e. The summed E-state index contributed by atoms with van der Waals surface area (Å²) in [6, 6.07) is 7.49. The molecule has 1 aliphatic carbocycles. The maximum Gasteiger partial charge on any atom is 0.410 e. The smallest absolute Gasteiger partial charge is 0.410 e. The van der Waals surface area contributed by atoms with Crippen LogP contribution < -0.4 is 0 Å². The molecule has 1 amide bonds. The molecule has 1 aromatic carbocycles. The van der Waals surface area contributed by atoms with Gasteiger partial charge >= 0.3 is 12.1 Å². The van der Waals surface area contributed by atoms with E-state index in [0.717, 1.165) is 24.8 Å². The molecule has 27 heavy (non-hydrogen) atoms. The molecular formula is C21H28ClNO4. The number of rotatable bonds is 3. The van der Waals surface area contributed by atoms with Gasteiger partial charge < -0.3 is 14.4 Å². The molecule has 0 bridgehead atoms. The first kappa shape index (κ1) is 20.0. The molecule has 3 rings (SSSR count). The van der Waals surface area contributed by atoms with Crippen LogP contribution in [0.3, 0.4) is 0 Å². The van der Waals surface area contributed by atoms with Crippen molar-refractivity contribution < 1.29 is 19.1 Å². The molecule has 2 aliphatic rings. The van der Waals surface area contributed by atoms with Crippen molar-refractivity contribution in [2.45, 2.75) is 70.0 Å². The first-order chi connectivity index (χ1) is 12.7. The highest BCUT2D eigenvalue weighted by atomic mass is 35.5. The van der Waals surface area contributed by atoms with Gasteiger partial charge in [-0.1, -0.05) is 30.2 Å². The molecule has 0 spiro atoms. The van der Waals surface area contributed by atoms with Gasteiger partial charge in [-0.2, -0.15) is 0 Å². The van der Waals surface area contributed by atoms with Crippen molar-refractivity contribution in [1.29, 1.82) is 0 Å². The molecule has 5 nitrogen and oxygen atoms in total. The number of benzene rings is 1. The van der Waals surface area contributed by atoms with E-state index in [1.807, 2.05) is 45.0 Å². The molecule has 0 radical (unpaired) electrons. The molecule has 1 saturated carbocycles. The number of carbonyl (C=O) groups is 2. The summed E-state index contributed by atoms with van der Waals surface area (Å²) in [5, 5.41) is 0.663. The maximum atomic E-state index is 12.9. The number of likely N-dealkylation sites (tertiary alicyclic amines) is 1. The van der Waals surface area contributed by atoms with E-state index in [1.165, 1.54) is 0 Å². The number of ether oxygens (including phenoxy) is 2. The van der Waals surface area contributed by atoms with Crippen molar-refractivity contribution in [2.24, 2.45) is 0 Å². The van der Waals surface area contributed by atoms with Gasteiger partial charge in [-0.15, -0.1) is 0 Å². The zero-order chi connectivity index (χ0) is 19.7. The van der Waals surface area contributed by atoms with E-state index in [2.05, 4.69) is 0 Å². The van der Waals surface area contributed by atoms with E-state index < -0.39 is 11.0 Å². The van der Waals surface area contributed by atoms with Crippen LogP contribution in [0.1, 0.15) is 58.4 Å². The molecule has 0 N–H and O–H groups in total. The molecule has 1 aliphatic heterocycles. The highest BCUT2D eigenvalue weighted by Gasteiger charge is 2.48. The minimum absolute atomic E-state index is 0.146. The first-order valence-corrected chi connectivity index (χ1v) is 10.0. The van der Waals surface area contributed by atoms with E-state index in [-0.39, 0.29) is 18.2 Å². The summed E-state index contributed by atoms with van der Waals surface area (Å²) in [6.07, 6.45) is 3.47. The van der Waals surface area contributed by atoms with Gasteiger partial charge in [-0.05, 0) is 51.3 Å². The fourth-order valence-electron chi connectivity index (χ4n) is 3.66. The fraction of sp³-hybridized carbons (Fsp3) is 0.619. The Balaban J connectivity index is 1.56. The summed E-state index contributed by atoms with van der Waals surface area (Å²) in [6.45, 7) is 6.65. The number of nitrogens with zero attached hydrogens (tertiary/aromatic N) is 1. The number of esters is 1. The second-order valence-electron chi connectivity index (χ2n) is 8.51. The van der Waals surface area contributed by atoms with Crippen LogP contribution in [-0.4, -0.2) is 41.8 Å². The predicted octanol–water partition coefficient (Wildman–Crippen LogP) is 4.70. The van der Waals surface area contributed by atoms with Gasteiger partial charge in [0.15, 0.2) is 0 Å². The molecule has 1 aromatic rings. The average Bonchev–Trinajstić information content (AvgIpc) is 2.54. The Kier molecular flexibility index (Phi) is 5.71. The van der Waals surface area contributed by atoms with Gasteiger partial charge in [0.2, 0.25) is 0 Å². The monoisotopic (exact) mass is 393 g/mol. The van der Waals surface area contributed by atoms with Crippen LogP contribution in [0.25, 0.3) is 0 Å². The van der Waals surface area contributed by atoms with Crippen molar-refractivity contribution in [3.63, 3.8) is 0 Å². The maximum absolute atomic E-state index is 12.9. The quantitative estimate of drug-likeness (QED) is 0.698. The van der Waals surface area contributed by atoms with Crippen molar-refractivity contribution >= 4 is 23.7 Å². The van der Waals surface area contributed by atoms with Crippen molar-refractivity contribution in [3.05, 3.63) is 34.9 Å². The SMILES string of the molecule is CC(C)(C)OC(=O)N1CCC(OC(=O)C2(c3ccc(Cl)cc3)CCC2)CC1. The zero-order valence-corrected chi connectivity index (χ0v) is 17.1. The second-order valence-corrected chi connectivity index (χ2v) is 8.95. The summed E-state index contributed by atoms with van der Waals surface area (Å²) >= 11 is 5.98. The van der Waals surface area contributed by atoms with Crippen molar-refractivity contribution in [1.82, 2.24) is 4.90 Å². The predicted molar refractivity (Wildman–Crippen MR) is 104 cm³/mol. The molecule has 1 saturated heterocycles. The lowest BCUT2D eigenvalue weighted by molar-refractivity contribution is -0.162. The summed E-state index contributed by atoms with van der Waals surface area (Å²) in [7, 11) is 0. The molecule has 0 unspecified atom stereocenters. The van der Waals surface area contributed by atoms with E-state index in [0.29, 0.717) is 31.0 Å². The van der Waals surface area contributed by atoms with Crippen LogP contribution >= 0.6 is 11.6 Å². The topological polar surface area (TPSA) is 55.8 Å². The fourth-order valence-corrected chi connectivity index (χ4v) is 3.78. The van der Waals surface area contributed by atoms with Gasteiger partial charge in [0, 0.05) is 31.0 Å². The molecule has 148 valence electrons. The molecule has 6 heteroatoms. The highest BCUT2D eigenvalue weighted by molar-refractivity contribution is 6.30. The van der Waals surface area contributed by atoms with E-state index in [9.17, 15) is 9.59 Å². The summed E-state index contributed by atoms with van der Waals surface area (Å²) < 4.78 is 11.3. The van der Waals surface area contributed by atoms with Crippen LogP contribution in [0.4, 0.5) is 4.79 Å². The van der Waals surface area contributed by atoms with Gasteiger partial charge in [0.05, 0.1) is 5.41 Å². The van der Waals surface area contributed by atoms with Crippen LogP contribution in [0.5, 0.6) is 0 Å². The first-order valence-electron chi connectivity index (χ1n) is 9.65. The number of carbonyl (C=O) groups excluding carboxylic acids is 2. The standard InChI is InChI=1S/C21H28ClNO4/c1-20(2,3)27-19(25)23-13-9-17(10-14-23)26-18(24)21(11-4-12-21)15-5-7-16(22)8-6-15/h5-8,17H,4,9-14H2,1-3H3. The number of hydrogen-bond acceptors (Lipinski definition) is 4. The zero-order valence-electron chi connectivity index (χ0n) is 16.3. The normalized spacial score (nSPS) is 19.9. The highest BCUT2D eigenvalue weighted by Crippen LogP contribution is 2.45. The third kappa shape index (κ3) is 4.57. The Labute approximate surface area is 166 Å². The van der Waals surface area contributed by atoms with Crippen LogP contribution in [0, 0.1) is 0 Å². The van der Waals surface area contributed by atoms with E-state index in [1.54, 1.807) is 4.90 Å². The van der Waals surface area contributed by atoms with Crippen LogP contribution in [0.15, 0.2) is 24.3 Å². The van der Waals surface area contributed by atoms with E-state index >= 15 is 0 Å². The Bertz CT molecular complexity index is 683. The Hall–Kier alpha value is -1.75. The number of hydrogen-bond donors (Lipinski definition) is 0. The lowest BCUT2D eigenvalue weighted by Crippen LogP contribution is -2.48. The molecule has 1 heterocycles. The average molecular weight is 394 g/mol. The Morgan fingerprint density at radius 3 is 2.19 bits per heavy atom. The molecule has 0 aromatic heterocycles. The van der Waals surface area contributed by atoms with Crippen LogP contribution in [0.2, 0.25) is 5.02 Å². The third-order valence-electron chi connectivity index (χ3n) is 5.36. The number of halogens is 1. The second kappa shape index (κ2) is 7.70. The largest absolute Gasteiger partial charge is 0.462 e. The van der Waals surface area contributed by atoms with Crippen molar-refractivity contribution in [2.75, 3.05) is 13.1 Å². The third-order valence-corrected chi connectivity index (χ3v) is 5.61. The van der Waals surface area contributed by atoms with Gasteiger partial charge in [0.25, 0.3) is 0 Å². The summed E-state index contributed by atoms with van der Waals surface area (Å²) in [5.41, 5.74) is -0.0583. The summed E-state index contributed by atoms with van der Waals surface area (Å²) in [4.78, 5) is 26.8. The Morgan fingerprint density at radius 1 is 1.11 bits per heavy atom. The van der Waals surface area contributed by atoms with E-state index in [4.69, 9.17) is 21.1 Å². The summed E-state index contributed by atoms with van der Waals surface area (Å²) in [5.74, 6) is -0.146. The number of piperidine rings is 1. The molecule has 2 fully saturated rings. The molecule has 0 atom stereocenters. The molecular weight excluding hydrogens is 366 g/mol. The minimum atomic E-state index is -0.535.